The molecule has 0 heterocycles. The zero-order chi connectivity index (χ0) is 41.0. The van der Waals surface area contributed by atoms with Gasteiger partial charge in [-0.2, -0.15) is 0 Å². The van der Waals surface area contributed by atoms with E-state index in [1.807, 2.05) is 0 Å². The molecule has 0 unspecified atom stereocenters. The molecule has 60 heavy (non-hydrogen) atoms. The van der Waals surface area contributed by atoms with Crippen LogP contribution in [0.4, 0.5) is 34.1 Å². The zero-order valence-corrected chi connectivity index (χ0v) is 35.9. The molecule has 10 aromatic carbocycles. The van der Waals surface area contributed by atoms with Crippen molar-refractivity contribution in [1.29, 1.82) is 0 Å². The highest BCUT2D eigenvalue weighted by atomic mass is 28.3. The van der Waals surface area contributed by atoms with Crippen LogP contribution in [-0.2, 0) is 0 Å². The molecular weight excluding hydrogens is 741 g/mol. The van der Waals surface area contributed by atoms with Crippen LogP contribution in [0.25, 0.3) is 54.6 Å². The van der Waals surface area contributed by atoms with Gasteiger partial charge in [-0.05, 0) is 106 Å². The molecule has 0 aromatic heterocycles. The molecule has 2 nitrogen and oxygen atoms in total. The Bertz CT molecular complexity index is 2930. The molecule has 10 aromatic rings. The fourth-order valence-corrected chi connectivity index (χ4v) is 10.1. The van der Waals surface area contributed by atoms with Gasteiger partial charge < -0.3 is 9.80 Å². The average Bonchev–Trinajstić information content (AvgIpc) is 3.28. The first-order chi connectivity index (χ1) is 29.2. The summed E-state index contributed by atoms with van der Waals surface area (Å²) in [6.07, 6.45) is 0. The highest BCUT2D eigenvalue weighted by Gasteiger charge is 2.27. The Morgan fingerprint density at radius 3 is 1.13 bits per heavy atom. The van der Waals surface area contributed by atoms with E-state index in [4.69, 9.17) is 0 Å². The van der Waals surface area contributed by atoms with E-state index in [0.717, 1.165) is 34.1 Å². The molecule has 0 amide bonds. The molecule has 0 aliphatic carbocycles. The molecule has 0 spiro atoms. The number of benzene rings is 10. The first-order valence-electron chi connectivity index (χ1n) is 21.0. The van der Waals surface area contributed by atoms with E-state index in [0.29, 0.717) is 0 Å². The molecule has 290 valence electrons. The Kier molecular flexibility index (Phi) is 9.35. The van der Waals surface area contributed by atoms with Gasteiger partial charge in [0.1, 0.15) is 0 Å². The van der Waals surface area contributed by atoms with E-state index in [-0.39, 0.29) is 0 Å². The van der Waals surface area contributed by atoms with E-state index in [1.165, 1.54) is 70.9 Å². The van der Waals surface area contributed by atoms with Crippen LogP contribution in [0.2, 0.25) is 19.6 Å². The quantitative estimate of drug-likeness (QED) is 0.106. The summed E-state index contributed by atoms with van der Waals surface area (Å²) in [7, 11) is -1.61. The molecule has 0 radical (unpaired) electrons. The van der Waals surface area contributed by atoms with E-state index < -0.39 is 8.07 Å². The SMILES string of the molecule is Cc1ccc(-c2ccccc2)cc1N(c1ccccc1)c1cc(N(c2ccccc2)c2cc(-c3ccccc3)ccc2C)c2ccc3cc([Si](C)(C)C)cc4ccc1c2c43. The van der Waals surface area contributed by atoms with Crippen LogP contribution in [0.5, 0.6) is 0 Å². The van der Waals surface area contributed by atoms with Gasteiger partial charge in [0.2, 0.25) is 0 Å². The number of aryl methyl sites for hydroxylation is 2. The van der Waals surface area contributed by atoms with Gasteiger partial charge in [-0.15, -0.1) is 0 Å². The fraction of sp³-hybridized carbons (Fsp3) is 0.0877. The summed E-state index contributed by atoms with van der Waals surface area (Å²) in [5, 5.41) is 9.14. The van der Waals surface area contributed by atoms with Crippen LogP contribution in [0, 0.1) is 13.8 Å². The minimum absolute atomic E-state index is 1.11. The van der Waals surface area contributed by atoms with Crippen molar-refractivity contribution in [2.75, 3.05) is 9.80 Å². The smallest absolute Gasteiger partial charge is 0.0776 e. The Labute approximate surface area is 355 Å². The number of hydrogen-bond acceptors (Lipinski definition) is 2. The largest absolute Gasteiger partial charge is 0.310 e. The topological polar surface area (TPSA) is 6.48 Å². The number of anilines is 6. The maximum Gasteiger partial charge on any atom is 0.0776 e. The van der Waals surface area contributed by atoms with Gasteiger partial charge in [-0.1, -0.05) is 183 Å². The van der Waals surface area contributed by atoms with Crippen molar-refractivity contribution in [2.45, 2.75) is 33.5 Å². The number of hydrogen-bond donors (Lipinski definition) is 0. The third kappa shape index (κ3) is 6.62. The summed E-state index contributed by atoms with van der Waals surface area (Å²) < 4.78 is 0. The summed E-state index contributed by atoms with van der Waals surface area (Å²) in [4.78, 5) is 5.00. The van der Waals surface area contributed by atoms with Crippen molar-refractivity contribution >= 4 is 79.7 Å². The van der Waals surface area contributed by atoms with Crippen LogP contribution in [0.3, 0.4) is 0 Å². The maximum atomic E-state index is 2.50. The maximum absolute atomic E-state index is 2.50. The van der Waals surface area contributed by atoms with Crippen molar-refractivity contribution < 1.29 is 0 Å². The molecule has 0 bridgehead atoms. The van der Waals surface area contributed by atoms with Crippen LogP contribution in [0.15, 0.2) is 200 Å². The molecule has 0 N–H and O–H groups in total. The van der Waals surface area contributed by atoms with Gasteiger partial charge >= 0.3 is 0 Å². The molecule has 0 fully saturated rings. The van der Waals surface area contributed by atoms with Gasteiger partial charge in [-0.3, -0.25) is 0 Å². The van der Waals surface area contributed by atoms with Crippen molar-refractivity contribution in [3.05, 3.63) is 211 Å². The van der Waals surface area contributed by atoms with Crippen LogP contribution in [0.1, 0.15) is 11.1 Å². The lowest BCUT2D eigenvalue weighted by atomic mass is 9.91. The summed E-state index contributed by atoms with van der Waals surface area (Å²) >= 11 is 0. The standard InChI is InChI=1S/C57H48N2Si/c1-39-26-28-43(41-18-10-6-11-19-41)36-52(39)58(47-22-14-8-15-23-47)54-38-55(51-33-31-46-35-49(60(3,4)5)34-45-30-32-50(54)57(51)56(45)46)59(48-24-16-9-17-25-48)53-37-44(29-27-40(53)2)42-20-12-7-13-21-42/h6-38H,1-5H3. The molecular formula is C57H48N2Si. The van der Waals surface area contributed by atoms with Crippen LogP contribution in [-0.4, -0.2) is 8.07 Å². The lowest BCUT2D eigenvalue weighted by Gasteiger charge is -2.34. The van der Waals surface area contributed by atoms with Crippen molar-refractivity contribution in [3.8, 4) is 22.3 Å². The number of nitrogens with zero attached hydrogens (tertiary/aromatic N) is 2. The highest BCUT2D eigenvalue weighted by molar-refractivity contribution is 6.89. The number of para-hydroxylation sites is 2. The molecule has 0 aliphatic rings. The lowest BCUT2D eigenvalue weighted by Crippen LogP contribution is -2.37. The van der Waals surface area contributed by atoms with Gasteiger partial charge in [0.25, 0.3) is 0 Å². The van der Waals surface area contributed by atoms with E-state index in [1.54, 1.807) is 0 Å². The van der Waals surface area contributed by atoms with E-state index in [2.05, 4.69) is 243 Å². The second kappa shape index (κ2) is 15.0. The predicted octanol–water partition coefficient (Wildman–Crippen LogP) is 16.0. The first kappa shape index (κ1) is 37.3. The van der Waals surface area contributed by atoms with Gasteiger partial charge in [0, 0.05) is 38.9 Å². The van der Waals surface area contributed by atoms with E-state index >= 15 is 0 Å². The Morgan fingerprint density at radius 2 is 0.733 bits per heavy atom. The summed E-state index contributed by atoms with van der Waals surface area (Å²) in [5.74, 6) is 0. The summed E-state index contributed by atoms with van der Waals surface area (Å²) in [5.41, 5.74) is 14.0. The molecule has 0 saturated heterocycles. The highest BCUT2D eigenvalue weighted by Crippen LogP contribution is 2.51. The average molecular weight is 789 g/mol. The minimum atomic E-state index is -1.61. The Morgan fingerprint density at radius 1 is 0.333 bits per heavy atom. The van der Waals surface area contributed by atoms with Crippen molar-refractivity contribution in [1.82, 2.24) is 0 Å². The Balaban J connectivity index is 1.34. The molecule has 0 saturated carbocycles. The number of rotatable bonds is 9. The molecule has 10 rings (SSSR count). The van der Waals surface area contributed by atoms with Crippen LogP contribution >= 0.6 is 0 Å². The second-order valence-corrected chi connectivity index (χ2v) is 22.2. The molecule has 0 aliphatic heterocycles. The zero-order valence-electron chi connectivity index (χ0n) is 34.9. The third-order valence-electron chi connectivity index (χ3n) is 12.2. The Hall–Kier alpha value is -6.94. The van der Waals surface area contributed by atoms with Crippen molar-refractivity contribution in [3.63, 3.8) is 0 Å². The lowest BCUT2D eigenvalue weighted by molar-refractivity contribution is 1.24. The van der Waals surface area contributed by atoms with Gasteiger partial charge in [0.15, 0.2) is 0 Å². The molecule has 3 heteroatoms. The monoisotopic (exact) mass is 788 g/mol. The predicted molar refractivity (Wildman–Crippen MR) is 263 cm³/mol. The minimum Gasteiger partial charge on any atom is -0.310 e. The van der Waals surface area contributed by atoms with Crippen molar-refractivity contribution in [2.24, 2.45) is 0 Å². The molecule has 0 atom stereocenters. The van der Waals surface area contributed by atoms with Gasteiger partial charge in [-0.25, -0.2) is 0 Å². The summed E-state index contributed by atoms with van der Waals surface area (Å²) in [6, 6.07) is 74.0. The normalized spacial score (nSPS) is 11.8. The fourth-order valence-electron chi connectivity index (χ4n) is 8.97. The summed E-state index contributed by atoms with van der Waals surface area (Å²) in [6.45, 7) is 11.8. The van der Waals surface area contributed by atoms with Crippen LogP contribution < -0.4 is 15.0 Å². The van der Waals surface area contributed by atoms with E-state index in [9.17, 15) is 0 Å². The second-order valence-electron chi connectivity index (χ2n) is 17.1. The van der Waals surface area contributed by atoms with Gasteiger partial charge in [0.05, 0.1) is 19.4 Å². The third-order valence-corrected chi connectivity index (χ3v) is 14.2. The first-order valence-corrected chi connectivity index (χ1v) is 24.5.